The Morgan fingerprint density at radius 1 is 1.22 bits per heavy atom. The van der Waals surface area contributed by atoms with Crippen LogP contribution in [0.4, 0.5) is 0 Å². The Balaban J connectivity index is 2.25. The maximum absolute atomic E-state index is 13.2. The third-order valence-electron chi connectivity index (χ3n) is 4.34. The van der Waals surface area contributed by atoms with Crippen LogP contribution in [0.5, 0.6) is 0 Å². The number of nitriles is 1. The van der Waals surface area contributed by atoms with Crippen molar-refractivity contribution in [2.24, 2.45) is 0 Å². The molecule has 3 rings (SSSR count). The molecule has 0 bridgehead atoms. The Bertz CT molecular complexity index is 916. The van der Waals surface area contributed by atoms with Gasteiger partial charge in [-0.3, -0.25) is 0 Å². The van der Waals surface area contributed by atoms with Crippen LogP contribution in [0.3, 0.4) is 0 Å². The van der Waals surface area contributed by atoms with Crippen molar-refractivity contribution in [2.45, 2.75) is 42.6 Å². The number of rotatable bonds is 2. The van der Waals surface area contributed by atoms with E-state index in [2.05, 4.69) is 0 Å². The van der Waals surface area contributed by atoms with E-state index in [1.54, 1.807) is 44.2 Å². The molecule has 0 saturated carbocycles. The third kappa shape index (κ3) is 2.44. The quantitative estimate of drug-likeness (QED) is 0.920. The van der Waals surface area contributed by atoms with Gasteiger partial charge in [-0.1, -0.05) is 12.1 Å². The minimum Gasteiger partial charge on any atom is -0.388 e. The van der Waals surface area contributed by atoms with Gasteiger partial charge >= 0.3 is 0 Å². The molecule has 0 amide bonds. The van der Waals surface area contributed by atoms with Gasteiger partial charge in [0.25, 0.3) is 0 Å². The van der Waals surface area contributed by atoms with E-state index in [1.807, 2.05) is 6.07 Å². The van der Waals surface area contributed by atoms with Crippen LogP contribution in [0.15, 0.2) is 40.1 Å². The fraction of sp³-hybridized carbons (Fsp3) is 0.278. The highest BCUT2D eigenvalue weighted by Crippen LogP contribution is 2.38. The lowest BCUT2D eigenvalue weighted by Gasteiger charge is -2.14. The fourth-order valence-corrected chi connectivity index (χ4v) is 5.39. The minimum absolute atomic E-state index is 0.256. The van der Waals surface area contributed by atoms with E-state index in [4.69, 9.17) is 5.26 Å². The number of benzene rings is 2. The predicted octanol–water partition coefficient (Wildman–Crippen LogP) is 2.99. The van der Waals surface area contributed by atoms with Crippen LogP contribution in [-0.4, -0.2) is 13.5 Å². The topological polar surface area (TPSA) is 78.2 Å². The van der Waals surface area contributed by atoms with Crippen molar-refractivity contribution < 1.29 is 13.5 Å². The lowest BCUT2D eigenvalue weighted by Crippen LogP contribution is -2.10. The number of fused-ring (bicyclic) bond motifs is 1. The van der Waals surface area contributed by atoms with Crippen LogP contribution < -0.4 is 0 Å². The van der Waals surface area contributed by atoms with Crippen LogP contribution in [0, 0.1) is 25.2 Å². The van der Waals surface area contributed by atoms with Crippen LogP contribution in [0.2, 0.25) is 0 Å². The largest absolute Gasteiger partial charge is 0.388 e. The normalized spacial score (nSPS) is 16.9. The van der Waals surface area contributed by atoms with Gasteiger partial charge in [0.15, 0.2) is 0 Å². The van der Waals surface area contributed by atoms with E-state index >= 15 is 0 Å². The molecule has 0 heterocycles. The maximum Gasteiger partial charge on any atom is 0.207 e. The Morgan fingerprint density at radius 3 is 2.48 bits per heavy atom. The summed E-state index contributed by atoms with van der Waals surface area (Å²) in [4.78, 5) is 0.522. The standard InChI is InChI=1S/C18H17NO3S/c1-11-8-13(10-19)9-12(2)18(11)23(21,22)17-5-3-4-14-15(17)6-7-16(14)20/h3-5,8-9,16,20H,6-7H2,1-2H3/t16-/m0/s1. The summed E-state index contributed by atoms with van der Waals surface area (Å²) in [6.07, 6.45) is 0.510. The first kappa shape index (κ1) is 15.7. The van der Waals surface area contributed by atoms with Crippen molar-refractivity contribution in [3.05, 3.63) is 58.1 Å². The predicted molar refractivity (Wildman–Crippen MR) is 85.8 cm³/mol. The lowest BCUT2D eigenvalue weighted by atomic mass is 10.1. The monoisotopic (exact) mass is 327 g/mol. The zero-order valence-corrected chi connectivity index (χ0v) is 13.8. The fourth-order valence-electron chi connectivity index (χ4n) is 3.40. The molecule has 0 aliphatic heterocycles. The summed E-state index contributed by atoms with van der Waals surface area (Å²) in [6.45, 7) is 3.41. The van der Waals surface area contributed by atoms with E-state index in [-0.39, 0.29) is 9.79 Å². The Hall–Kier alpha value is -2.16. The number of nitrogens with zero attached hydrogens (tertiary/aromatic N) is 1. The number of aryl methyl sites for hydroxylation is 2. The smallest absolute Gasteiger partial charge is 0.207 e. The zero-order valence-electron chi connectivity index (χ0n) is 13.0. The summed E-state index contributed by atoms with van der Waals surface area (Å²) in [5.41, 5.74) is 3.00. The van der Waals surface area contributed by atoms with Crippen molar-refractivity contribution in [1.29, 1.82) is 5.26 Å². The van der Waals surface area contributed by atoms with Crippen LogP contribution in [-0.2, 0) is 16.3 Å². The van der Waals surface area contributed by atoms with E-state index < -0.39 is 15.9 Å². The summed E-state index contributed by atoms with van der Waals surface area (Å²) in [5, 5.41) is 19.0. The average molecular weight is 327 g/mol. The summed E-state index contributed by atoms with van der Waals surface area (Å²) in [7, 11) is -3.69. The average Bonchev–Trinajstić information content (AvgIpc) is 2.87. The van der Waals surface area contributed by atoms with Crippen molar-refractivity contribution in [3.8, 4) is 6.07 Å². The van der Waals surface area contributed by atoms with Crippen molar-refractivity contribution in [1.82, 2.24) is 0 Å². The van der Waals surface area contributed by atoms with Gasteiger partial charge in [-0.15, -0.1) is 0 Å². The third-order valence-corrected chi connectivity index (χ3v) is 6.49. The van der Waals surface area contributed by atoms with Gasteiger partial charge in [-0.25, -0.2) is 8.42 Å². The van der Waals surface area contributed by atoms with E-state index in [0.717, 1.165) is 0 Å². The number of sulfone groups is 1. The van der Waals surface area contributed by atoms with Gasteiger partial charge in [0.05, 0.1) is 27.5 Å². The molecule has 1 atom stereocenters. The lowest BCUT2D eigenvalue weighted by molar-refractivity contribution is 0.180. The zero-order chi connectivity index (χ0) is 16.8. The molecular weight excluding hydrogens is 310 g/mol. The summed E-state index contributed by atoms with van der Waals surface area (Å²) < 4.78 is 26.4. The molecule has 1 aliphatic rings. The molecule has 0 saturated heterocycles. The number of hydrogen-bond acceptors (Lipinski definition) is 4. The van der Waals surface area contributed by atoms with Crippen molar-refractivity contribution >= 4 is 9.84 Å². The first-order chi connectivity index (χ1) is 10.9. The molecule has 0 fully saturated rings. The molecule has 1 N–H and O–H groups in total. The van der Waals surface area contributed by atoms with E-state index in [1.165, 1.54) is 0 Å². The van der Waals surface area contributed by atoms with Gasteiger partial charge in [0.2, 0.25) is 9.84 Å². The number of aliphatic hydroxyl groups excluding tert-OH is 1. The second kappa shape index (κ2) is 5.48. The molecule has 0 radical (unpaired) electrons. The first-order valence-electron chi connectivity index (χ1n) is 7.42. The summed E-state index contributed by atoms with van der Waals surface area (Å²) >= 11 is 0. The molecule has 5 heteroatoms. The molecular formula is C18H17NO3S. The molecule has 0 aromatic heterocycles. The molecule has 23 heavy (non-hydrogen) atoms. The Kier molecular flexibility index (Phi) is 3.75. The number of aliphatic hydroxyl groups is 1. The highest BCUT2D eigenvalue weighted by atomic mass is 32.2. The molecule has 4 nitrogen and oxygen atoms in total. The maximum atomic E-state index is 13.2. The summed E-state index contributed by atoms with van der Waals surface area (Å²) in [6, 6.07) is 10.3. The minimum atomic E-state index is -3.69. The molecule has 0 spiro atoms. The van der Waals surface area contributed by atoms with E-state index in [9.17, 15) is 13.5 Å². The second-order valence-electron chi connectivity index (χ2n) is 5.93. The SMILES string of the molecule is Cc1cc(C#N)cc(C)c1S(=O)(=O)c1cccc2c1CC[C@@H]2O. The van der Waals surface area contributed by atoms with Crippen molar-refractivity contribution in [2.75, 3.05) is 0 Å². The molecule has 0 unspecified atom stereocenters. The highest BCUT2D eigenvalue weighted by molar-refractivity contribution is 7.91. The van der Waals surface area contributed by atoms with Crippen LogP contribution in [0.1, 0.15) is 40.3 Å². The van der Waals surface area contributed by atoms with Gasteiger partial charge in [0, 0.05) is 0 Å². The van der Waals surface area contributed by atoms with Gasteiger partial charge < -0.3 is 5.11 Å². The number of hydrogen-bond donors (Lipinski definition) is 1. The summed E-state index contributed by atoms with van der Waals surface area (Å²) in [5.74, 6) is 0. The van der Waals surface area contributed by atoms with Crippen LogP contribution in [0.25, 0.3) is 0 Å². The Morgan fingerprint density at radius 2 is 1.87 bits per heavy atom. The molecule has 118 valence electrons. The Labute approximate surface area is 135 Å². The molecule has 2 aromatic rings. The molecule has 1 aliphatic carbocycles. The van der Waals surface area contributed by atoms with Crippen molar-refractivity contribution in [3.63, 3.8) is 0 Å². The second-order valence-corrected chi connectivity index (χ2v) is 7.79. The van der Waals surface area contributed by atoms with Gasteiger partial charge in [-0.2, -0.15) is 5.26 Å². The van der Waals surface area contributed by atoms with Gasteiger partial charge in [0.1, 0.15) is 0 Å². The highest BCUT2D eigenvalue weighted by Gasteiger charge is 2.30. The van der Waals surface area contributed by atoms with Crippen LogP contribution >= 0.6 is 0 Å². The molecule has 2 aromatic carbocycles. The van der Waals surface area contributed by atoms with E-state index in [0.29, 0.717) is 40.7 Å². The van der Waals surface area contributed by atoms with Gasteiger partial charge in [-0.05, 0) is 67.1 Å². The first-order valence-corrected chi connectivity index (χ1v) is 8.91.